The predicted octanol–water partition coefficient (Wildman–Crippen LogP) is 1.53. The topological polar surface area (TPSA) is 140 Å². The molecule has 1 heterocycles. The number of carbonyl (C=O) groups excluding carboxylic acids is 4. The highest BCUT2D eigenvalue weighted by Gasteiger charge is 2.38. The number of amides is 4. The third kappa shape index (κ3) is 8.34. The second-order valence-electron chi connectivity index (χ2n) is 11.3. The van der Waals surface area contributed by atoms with E-state index in [9.17, 15) is 24.4 Å². The molecule has 9 nitrogen and oxygen atoms in total. The van der Waals surface area contributed by atoms with Gasteiger partial charge in [0.1, 0.15) is 18.1 Å². The van der Waals surface area contributed by atoms with Crippen molar-refractivity contribution in [1.82, 2.24) is 21.3 Å². The fraction of sp³-hybridized carbons (Fsp3) is 0.792. The molecule has 0 spiro atoms. The SMILES string of the molecule is CC(=O)NC(C(=O)NC(CC1CC1)C(=O)NC(C#N)CC1CCC(C)(C)NC1=O)C(C)(C)C. The highest BCUT2D eigenvalue weighted by molar-refractivity contribution is 5.92. The van der Waals surface area contributed by atoms with Crippen LogP contribution in [-0.4, -0.2) is 47.3 Å². The zero-order chi connectivity index (χ0) is 25.0. The van der Waals surface area contributed by atoms with Crippen molar-refractivity contribution in [2.75, 3.05) is 0 Å². The van der Waals surface area contributed by atoms with Gasteiger partial charge < -0.3 is 21.3 Å². The van der Waals surface area contributed by atoms with E-state index in [1.54, 1.807) is 0 Å². The Bertz CT molecular complexity index is 807. The standard InChI is InChI=1S/C24H39N5O4/c1-14(30)26-19(23(2,3)4)22(33)28-18(11-15-7-8-15)21(32)27-17(13-25)12-16-9-10-24(5,6)29-20(16)31/h15-19H,7-12H2,1-6H3,(H,26,30)(H,27,32)(H,28,33)(H,29,31). The monoisotopic (exact) mass is 461 g/mol. The number of carbonyl (C=O) groups is 4. The Morgan fingerprint density at radius 1 is 1.09 bits per heavy atom. The Kier molecular flexibility index (Phi) is 8.50. The normalized spacial score (nSPS) is 22.7. The molecule has 1 aliphatic carbocycles. The molecule has 1 saturated carbocycles. The summed E-state index contributed by atoms with van der Waals surface area (Å²) in [6, 6.07) is -0.349. The lowest BCUT2D eigenvalue weighted by Gasteiger charge is -2.35. The summed E-state index contributed by atoms with van der Waals surface area (Å²) in [6.07, 6.45) is 4.14. The first-order valence-corrected chi connectivity index (χ1v) is 11.8. The van der Waals surface area contributed by atoms with Crippen LogP contribution >= 0.6 is 0 Å². The summed E-state index contributed by atoms with van der Waals surface area (Å²) >= 11 is 0. The molecule has 4 atom stereocenters. The molecule has 4 N–H and O–H groups in total. The third-order valence-electron chi connectivity index (χ3n) is 6.32. The van der Waals surface area contributed by atoms with Crippen LogP contribution in [0, 0.1) is 28.6 Å². The molecule has 4 amide bonds. The highest BCUT2D eigenvalue weighted by Crippen LogP contribution is 2.34. The molecular formula is C24H39N5O4. The van der Waals surface area contributed by atoms with E-state index in [1.807, 2.05) is 34.6 Å². The van der Waals surface area contributed by atoms with Gasteiger partial charge in [-0.15, -0.1) is 0 Å². The zero-order valence-corrected chi connectivity index (χ0v) is 20.7. The summed E-state index contributed by atoms with van der Waals surface area (Å²) in [6.45, 7) is 10.8. The summed E-state index contributed by atoms with van der Waals surface area (Å²) in [7, 11) is 0. The molecule has 184 valence electrons. The van der Waals surface area contributed by atoms with Crippen molar-refractivity contribution in [3.8, 4) is 6.07 Å². The van der Waals surface area contributed by atoms with Crippen molar-refractivity contribution in [3.05, 3.63) is 0 Å². The van der Waals surface area contributed by atoms with E-state index in [0.29, 0.717) is 18.8 Å². The lowest BCUT2D eigenvalue weighted by molar-refractivity contribution is -0.134. The van der Waals surface area contributed by atoms with Gasteiger partial charge in [-0.2, -0.15) is 5.26 Å². The van der Waals surface area contributed by atoms with E-state index in [0.717, 1.165) is 19.3 Å². The van der Waals surface area contributed by atoms with Gasteiger partial charge in [0.15, 0.2) is 0 Å². The molecule has 0 radical (unpaired) electrons. The molecular weight excluding hydrogens is 422 g/mol. The fourth-order valence-electron chi connectivity index (χ4n) is 4.14. The number of nitriles is 1. The Morgan fingerprint density at radius 3 is 2.21 bits per heavy atom. The molecule has 0 aromatic carbocycles. The van der Waals surface area contributed by atoms with Crippen LogP contribution in [0.2, 0.25) is 0 Å². The van der Waals surface area contributed by atoms with Gasteiger partial charge in [-0.25, -0.2) is 0 Å². The first-order valence-electron chi connectivity index (χ1n) is 11.8. The summed E-state index contributed by atoms with van der Waals surface area (Å²) in [5.74, 6) is -1.29. The average molecular weight is 462 g/mol. The fourth-order valence-corrected chi connectivity index (χ4v) is 4.14. The molecule has 9 heteroatoms. The Labute approximate surface area is 196 Å². The van der Waals surface area contributed by atoms with Gasteiger partial charge in [-0.3, -0.25) is 19.2 Å². The van der Waals surface area contributed by atoms with Crippen molar-refractivity contribution in [2.24, 2.45) is 17.3 Å². The summed E-state index contributed by atoms with van der Waals surface area (Å²) in [4.78, 5) is 50.1. The highest BCUT2D eigenvalue weighted by atomic mass is 16.2. The van der Waals surface area contributed by atoms with E-state index in [-0.39, 0.29) is 29.7 Å². The maximum atomic E-state index is 13.1. The smallest absolute Gasteiger partial charge is 0.243 e. The molecule has 33 heavy (non-hydrogen) atoms. The number of nitrogens with zero attached hydrogens (tertiary/aromatic N) is 1. The number of piperidine rings is 1. The first kappa shape index (κ1) is 26.6. The van der Waals surface area contributed by atoms with Crippen LogP contribution in [0.4, 0.5) is 0 Å². The van der Waals surface area contributed by atoms with Crippen molar-refractivity contribution < 1.29 is 19.2 Å². The first-order chi connectivity index (χ1) is 15.2. The summed E-state index contributed by atoms with van der Waals surface area (Å²) < 4.78 is 0. The number of hydrogen-bond donors (Lipinski definition) is 4. The maximum absolute atomic E-state index is 13.1. The van der Waals surface area contributed by atoms with E-state index >= 15 is 0 Å². The lowest BCUT2D eigenvalue weighted by Crippen LogP contribution is -2.58. The molecule has 1 aliphatic heterocycles. The van der Waals surface area contributed by atoms with Crippen molar-refractivity contribution in [1.29, 1.82) is 5.26 Å². The summed E-state index contributed by atoms with van der Waals surface area (Å²) in [5.41, 5.74) is -0.816. The largest absolute Gasteiger partial charge is 0.351 e. The van der Waals surface area contributed by atoms with E-state index in [4.69, 9.17) is 0 Å². The van der Waals surface area contributed by atoms with Gasteiger partial charge in [0.25, 0.3) is 0 Å². The Balaban J connectivity index is 2.05. The van der Waals surface area contributed by atoms with Gasteiger partial charge in [0.05, 0.1) is 6.07 Å². The maximum Gasteiger partial charge on any atom is 0.243 e. The number of hydrogen-bond acceptors (Lipinski definition) is 5. The lowest BCUT2D eigenvalue weighted by atomic mass is 9.83. The van der Waals surface area contributed by atoms with Crippen LogP contribution < -0.4 is 21.3 Å². The minimum atomic E-state index is -0.832. The molecule has 0 aromatic rings. The van der Waals surface area contributed by atoms with Crippen LogP contribution in [0.1, 0.15) is 80.1 Å². The second-order valence-corrected chi connectivity index (χ2v) is 11.3. The van der Waals surface area contributed by atoms with Crippen LogP contribution in [0.5, 0.6) is 0 Å². The van der Waals surface area contributed by atoms with Gasteiger partial charge in [-0.1, -0.05) is 33.6 Å². The molecule has 2 fully saturated rings. The molecule has 0 bridgehead atoms. The van der Waals surface area contributed by atoms with Crippen LogP contribution in [0.25, 0.3) is 0 Å². The van der Waals surface area contributed by atoms with E-state index < -0.39 is 35.4 Å². The Hall–Kier alpha value is -2.63. The van der Waals surface area contributed by atoms with Crippen molar-refractivity contribution in [2.45, 2.75) is 104 Å². The van der Waals surface area contributed by atoms with Crippen LogP contribution in [0.3, 0.4) is 0 Å². The molecule has 4 unspecified atom stereocenters. The van der Waals surface area contributed by atoms with E-state index in [2.05, 4.69) is 27.3 Å². The minimum Gasteiger partial charge on any atom is -0.351 e. The zero-order valence-electron chi connectivity index (χ0n) is 20.7. The van der Waals surface area contributed by atoms with Gasteiger partial charge >= 0.3 is 0 Å². The molecule has 2 aliphatic rings. The van der Waals surface area contributed by atoms with Crippen molar-refractivity contribution in [3.63, 3.8) is 0 Å². The summed E-state index contributed by atoms with van der Waals surface area (Å²) in [5, 5.41) is 20.8. The Morgan fingerprint density at radius 2 is 1.73 bits per heavy atom. The average Bonchev–Trinajstić information content (AvgIpc) is 3.49. The second kappa shape index (κ2) is 10.5. The third-order valence-corrected chi connectivity index (χ3v) is 6.32. The van der Waals surface area contributed by atoms with Crippen LogP contribution in [-0.2, 0) is 19.2 Å². The van der Waals surface area contributed by atoms with Gasteiger partial charge in [-0.05, 0) is 50.9 Å². The molecule has 0 aromatic heterocycles. The van der Waals surface area contributed by atoms with Crippen molar-refractivity contribution >= 4 is 23.6 Å². The van der Waals surface area contributed by atoms with Crippen LogP contribution in [0.15, 0.2) is 0 Å². The van der Waals surface area contributed by atoms with Gasteiger partial charge in [0.2, 0.25) is 23.6 Å². The predicted molar refractivity (Wildman–Crippen MR) is 123 cm³/mol. The molecule has 2 rings (SSSR count). The minimum absolute atomic E-state index is 0.105. The van der Waals surface area contributed by atoms with Gasteiger partial charge in [0, 0.05) is 18.4 Å². The van der Waals surface area contributed by atoms with E-state index in [1.165, 1.54) is 6.92 Å². The quantitative estimate of drug-likeness (QED) is 0.412. The number of nitrogens with one attached hydrogen (secondary N) is 4. The molecule has 1 saturated heterocycles. The number of rotatable bonds is 9.